The van der Waals surface area contributed by atoms with Crippen LogP contribution in [-0.2, 0) is 12.7 Å². The molecule has 0 saturated carbocycles. The predicted octanol–water partition coefficient (Wildman–Crippen LogP) is 5.60. The van der Waals surface area contributed by atoms with E-state index in [0.29, 0.717) is 10.4 Å². The molecule has 0 aliphatic rings. The first kappa shape index (κ1) is 20.9. The summed E-state index contributed by atoms with van der Waals surface area (Å²) in [5.74, 6) is -0.794. The average molecular weight is 439 g/mol. The van der Waals surface area contributed by atoms with Gasteiger partial charge in [-0.3, -0.25) is 9.59 Å². The van der Waals surface area contributed by atoms with Gasteiger partial charge >= 0.3 is 6.18 Å². The van der Waals surface area contributed by atoms with Crippen molar-refractivity contribution in [3.05, 3.63) is 86.6 Å². The van der Waals surface area contributed by atoms with Gasteiger partial charge in [-0.05, 0) is 47.3 Å². The van der Waals surface area contributed by atoms with Crippen molar-refractivity contribution >= 4 is 40.4 Å². The fraction of sp³-hybridized carbons (Fsp3) is 0.100. The fourth-order valence-electron chi connectivity index (χ4n) is 2.45. The van der Waals surface area contributed by atoms with Crippen LogP contribution in [0.1, 0.15) is 31.2 Å². The molecule has 0 saturated heterocycles. The van der Waals surface area contributed by atoms with Crippen LogP contribution >= 0.6 is 22.9 Å². The number of amides is 2. The third-order valence-corrected chi connectivity index (χ3v) is 5.15. The summed E-state index contributed by atoms with van der Waals surface area (Å²) in [4.78, 5) is 25.1. The Bertz CT molecular complexity index is 1020. The molecule has 9 heteroatoms. The maximum absolute atomic E-state index is 12.6. The van der Waals surface area contributed by atoms with Crippen LogP contribution in [0.15, 0.2) is 60.0 Å². The zero-order chi connectivity index (χ0) is 21.0. The first-order valence-corrected chi connectivity index (χ1v) is 9.58. The summed E-state index contributed by atoms with van der Waals surface area (Å²) in [5, 5.41) is 7.32. The van der Waals surface area contributed by atoms with Crippen molar-refractivity contribution in [3.8, 4) is 0 Å². The zero-order valence-electron chi connectivity index (χ0n) is 14.7. The predicted molar refractivity (Wildman–Crippen MR) is 106 cm³/mol. The fourth-order valence-corrected chi connectivity index (χ4v) is 3.23. The van der Waals surface area contributed by atoms with Gasteiger partial charge in [0.1, 0.15) is 0 Å². The Morgan fingerprint density at radius 2 is 1.72 bits per heavy atom. The lowest BCUT2D eigenvalue weighted by molar-refractivity contribution is -0.137. The van der Waals surface area contributed by atoms with Crippen molar-refractivity contribution in [1.29, 1.82) is 0 Å². The number of anilines is 1. The van der Waals surface area contributed by atoms with Crippen molar-refractivity contribution in [2.75, 3.05) is 5.32 Å². The highest BCUT2D eigenvalue weighted by Crippen LogP contribution is 2.29. The topological polar surface area (TPSA) is 58.2 Å². The molecule has 1 aromatic heterocycles. The molecule has 2 N–H and O–H groups in total. The third kappa shape index (κ3) is 5.36. The highest BCUT2D eigenvalue weighted by Gasteiger charge is 2.29. The van der Waals surface area contributed by atoms with E-state index < -0.39 is 17.6 Å². The van der Waals surface area contributed by atoms with Crippen LogP contribution in [0.25, 0.3) is 0 Å². The second-order valence-corrected chi connectivity index (χ2v) is 7.36. The molecule has 0 atom stereocenters. The van der Waals surface area contributed by atoms with E-state index in [-0.39, 0.29) is 28.7 Å². The molecule has 3 rings (SSSR count). The highest BCUT2D eigenvalue weighted by molar-refractivity contribution is 7.12. The second kappa shape index (κ2) is 8.67. The summed E-state index contributed by atoms with van der Waals surface area (Å²) in [5.41, 5.74) is 0.304. The van der Waals surface area contributed by atoms with Crippen LogP contribution < -0.4 is 10.6 Å². The van der Waals surface area contributed by atoms with Gasteiger partial charge < -0.3 is 10.6 Å². The standard InChI is InChI=1S/C20H14ClF3N2O2S/c21-15-8-5-13(10-16(15)26-19(28)17-2-1-9-29-17)18(27)25-11-12-3-6-14(7-4-12)20(22,23)24/h1-10H,11H2,(H,25,27)(H,26,28). The molecule has 0 aliphatic heterocycles. The lowest BCUT2D eigenvalue weighted by Crippen LogP contribution is -2.23. The summed E-state index contributed by atoms with van der Waals surface area (Å²) >= 11 is 7.37. The smallest absolute Gasteiger partial charge is 0.348 e. The van der Waals surface area contributed by atoms with Crippen molar-refractivity contribution in [2.24, 2.45) is 0 Å². The van der Waals surface area contributed by atoms with Crippen LogP contribution in [0.2, 0.25) is 5.02 Å². The quantitative estimate of drug-likeness (QED) is 0.544. The van der Waals surface area contributed by atoms with Crippen LogP contribution in [0.4, 0.5) is 18.9 Å². The van der Waals surface area contributed by atoms with Gasteiger partial charge in [0, 0.05) is 12.1 Å². The minimum atomic E-state index is -4.41. The molecule has 2 amide bonds. The van der Waals surface area contributed by atoms with Gasteiger partial charge in [-0.25, -0.2) is 0 Å². The van der Waals surface area contributed by atoms with E-state index in [1.807, 2.05) is 0 Å². The molecule has 0 aliphatic carbocycles. The molecular weight excluding hydrogens is 425 g/mol. The summed E-state index contributed by atoms with van der Waals surface area (Å²) < 4.78 is 37.8. The normalized spacial score (nSPS) is 11.2. The summed E-state index contributed by atoms with van der Waals surface area (Å²) in [7, 11) is 0. The van der Waals surface area contributed by atoms with Crippen molar-refractivity contribution in [1.82, 2.24) is 5.32 Å². The molecule has 4 nitrogen and oxygen atoms in total. The van der Waals surface area contributed by atoms with Crippen LogP contribution in [-0.4, -0.2) is 11.8 Å². The maximum Gasteiger partial charge on any atom is 0.416 e. The number of nitrogens with one attached hydrogen (secondary N) is 2. The Morgan fingerprint density at radius 1 is 1.00 bits per heavy atom. The van der Waals surface area contributed by atoms with Crippen LogP contribution in [0.3, 0.4) is 0 Å². The van der Waals surface area contributed by atoms with Gasteiger partial charge in [-0.15, -0.1) is 11.3 Å². The van der Waals surface area contributed by atoms with E-state index in [1.165, 1.54) is 41.7 Å². The van der Waals surface area contributed by atoms with Gasteiger partial charge in [-0.2, -0.15) is 13.2 Å². The number of carbonyl (C=O) groups excluding carboxylic acids is 2. The van der Waals surface area contributed by atoms with E-state index in [0.717, 1.165) is 12.1 Å². The molecule has 0 fully saturated rings. The number of carbonyl (C=O) groups is 2. The Kier molecular flexibility index (Phi) is 6.24. The van der Waals surface area contributed by atoms with Crippen molar-refractivity contribution < 1.29 is 22.8 Å². The van der Waals surface area contributed by atoms with Gasteiger partial charge in [-0.1, -0.05) is 29.8 Å². The number of halogens is 4. The molecule has 3 aromatic rings. The summed E-state index contributed by atoms with van der Waals surface area (Å²) in [6.07, 6.45) is -4.41. The van der Waals surface area contributed by atoms with Crippen molar-refractivity contribution in [2.45, 2.75) is 12.7 Å². The number of hydrogen-bond donors (Lipinski definition) is 2. The van der Waals surface area contributed by atoms with E-state index in [9.17, 15) is 22.8 Å². The van der Waals surface area contributed by atoms with Crippen LogP contribution in [0.5, 0.6) is 0 Å². The first-order valence-electron chi connectivity index (χ1n) is 8.33. The molecule has 0 spiro atoms. The Hall–Kier alpha value is -2.84. The Labute approximate surface area is 173 Å². The Balaban J connectivity index is 1.65. The number of thiophene rings is 1. The van der Waals surface area contributed by atoms with Crippen molar-refractivity contribution in [3.63, 3.8) is 0 Å². The third-order valence-electron chi connectivity index (χ3n) is 3.96. The van der Waals surface area contributed by atoms with Gasteiger partial charge in [0.25, 0.3) is 11.8 Å². The van der Waals surface area contributed by atoms with Crippen LogP contribution in [0, 0.1) is 0 Å². The van der Waals surface area contributed by atoms with E-state index in [2.05, 4.69) is 10.6 Å². The summed E-state index contributed by atoms with van der Waals surface area (Å²) in [6.45, 7) is 0.0521. The lowest BCUT2D eigenvalue weighted by atomic mass is 10.1. The Morgan fingerprint density at radius 3 is 2.34 bits per heavy atom. The largest absolute Gasteiger partial charge is 0.416 e. The minimum absolute atomic E-state index is 0.0521. The monoisotopic (exact) mass is 438 g/mol. The molecular formula is C20H14ClF3N2O2S. The number of alkyl halides is 3. The van der Waals surface area contributed by atoms with E-state index in [4.69, 9.17) is 11.6 Å². The second-order valence-electron chi connectivity index (χ2n) is 6.00. The molecule has 0 radical (unpaired) electrons. The zero-order valence-corrected chi connectivity index (χ0v) is 16.3. The van der Waals surface area contributed by atoms with Gasteiger partial charge in [0.05, 0.1) is 21.2 Å². The van der Waals surface area contributed by atoms with E-state index in [1.54, 1.807) is 17.5 Å². The summed E-state index contributed by atoms with van der Waals surface area (Å²) in [6, 6.07) is 12.3. The molecule has 150 valence electrons. The first-order chi connectivity index (χ1) is 13.7. The SMILES string of the molecule is O=C(NCc1ccc(C(F)(F)F)cc1)c1ccc(Cl)c(NC(=O)c2cccs2)c1. The van der Waals surface area contributed by atoms with Gasteiger partial charge in [0.2, 0.25) is 0 Å². The molecule has 2 aromatic carbocycles. The molecule has 1 heterocycles. The number of hydrogen-bond acceptors (Lipinski definition) is 3. The van der Waals surface area contributed by atoms with Gasteiger partial charge in [0.15, 0.2) is 0 Å². The highest BCUT2D eigenvalue weighted by atomic mass is 35.5. The average Bonchev–Trinajstić information content (AvgIpc) is 3.22. The molecule has 0 bridgehead atoms. The minimum Gasteiger partial charge on any atom is -0.348 e. The van der Waals surface area contributed by atoms with E-state index >= 15 is 0 Å². The lowest BCUT2D eigenvalue weighted by Gasteiger charge is -2.11. The molecule has 0 unspecified atom stereocenters. The molecule has 29 heavy (non-hydrogen) atoms. The number of benzene rings is 2. The maximum atomic E-state index is 12.6. The number of rotatable bonds is 5.